The Bertz CT molecular complexity index is 834. The summed E-state index contributed by atoms with van der Waals surface area (Å²) in [5.74, 6) is 1.09. The molecule has 6 nitrogen and oxygen atoms in total. The highest BCUT2D eigenvalue weighted by Gasteiger charge is 2.29. The van der Waals surface area contributed by atoms with Crippen LogP contribution in [0.5, 0.6) is 0 Å². The van der Waals surface area contributed by atoms with Gasteiger partial charge in [-0.3, -0.25) is 9.69 Å². The summed E-state index contributed by atoms with van der Waals surface area (Å²) < 4.78 is 0. The molecule has 1 fully saturated rings. The normalized spacial score (nSPS) is 20.9. The predicted octanol–water partition coefficient (Wildman–Crippen LogP) is 2.23. The number of carbonyl (C=O) groups is 1. The topological polar surface area (TPSA) is 59.9 Å². The molecule has 2 aliphatic rings. The van der Waals surface area contributed by atoms with Crippen molar-refractivity contribution in [3.8, 4) is 0 Å². The second kappa shape index (κ2) is 7.89. The van der Waals surface area contributed by atoms with Crippen molar-refractivity contribution in [1.82, 2.24) is 9.88 Å². The third-order valence-electron chi connectivity index (χ3n) is 5.82. The van der Waals surface area contributed by atoms with Crippen LogP contribution in [0.1, 0.15) is 31.1 Å². The standard InChI is InChI=1S/C22H28N4O2/c1-16-13-19-14-18(6-7-20(19)26(16)17(2)27)21(28)15-24-9-11-25(12-10-24)22-5-3-4-8-23-22/h3-8,14,16,21,28H,9-13,15H2,1-2H3/t16-,21-/m1/s1. The van der Waals surface area contributed by atoms with Crippen molar-refractivity contribution in [2.45, 2.75) is 32.4 Å². The Morgan fingerprint density at radius 1 is 1.21 bits per heavy atom. The van der Waals surface area contributed by atoms with E-state index in [1.54, 1.807) is 6.92 Å². The predicted molar refractivity (Wildman–Crippen MR) is 111 cm³/mol. The van der Waals surface area contributed by atoms with Gasteiger partial charge in [0.2, 0.25) is 5.91 Å². The van der Waals surface area contributed by atoms with E-state index < -0.39 is 6.10 Å². The van der Waals surface area contributed by atoms with Gasteiger partial charge in [-0.15, -0.1) is 0 Å². The molecule has 0 aliphatic carbocycles. The third kappa shape index (κ3) is 3.75. The van der Waals surface area contributed by atoms with Gasteiger partial charge < -0.3 is 14.9 Å². The van der Waals surface area contributed by atoms with Crippen LogP contribution in [0.15, 0.2) is 42.6 Å². The number of aliphatic hydroxyl groups is 1. The number of benzene rings is 1. The van der Waals surface area contributed by atoms with Gasteiger partial charge in [0.1, 0.15) is 5.82 Å². The van der Waals surface area contributed by atoms with Crippen LogP contribution in [0.2, 0.25) is 0 Å². The van der Waals surface area contributed by atoms with E-state index in [1.165, 1.54) is 0 Å². The first-order valence-corrected chi connectivity index (χ1v) is 10.0. The molecule has 1 N–H and O–H groups in total. The van der Waals surface area contributed by atoms with Gasteiger partial charge in [0, 0.05) is 57.6 Å². The SMILES string of the molecule is CC(=O)N1c2ccc([C@H](O)CN3CCN(c4ccccn4)CC3)cc2C[C@H]1C. The molecule has 2 aliphatic heterocycles. The van der Waals surface area contributed by atoms with Gasteiger partial charge in [0.25, 0.3) is 0 Å². The van der Waals surface area contributed by atoms with Crippen molar-refractivity contribution >= 4 is 17.4 Å². The molecule has 1 saturated heterocycles. The fraction of sp³-hybridized carbons (Fsp3) is 0.455. The highest BCUT2D eigenvalue weighted by Crippen LogP contribution is 2.34. The molecule has 2 aromatic rings. The van der Waals surface area contributed by atoms with Crippen LogP contribution in [0, 0.1) is 0 Å². The molecule has 0 unspecified atom stereocenters. The smallest absolute Gasteiger partial charge is 0.224 e. The number of fused-ring (bicyclic) bond motifs is 1. The molecule has 3 heterocycles. The fourth-order valence-electron chi connectivity index (χ4n) is 4.39. The molecule has 0 spiro atoms. The quantitative estimate of drug-likeness (QED) is 0.882. The van der Waals surface area contributed by atoms with Crippen molar-refractivity contribution in [3.63, 3.8) is 0 Å². The van der Waals surface area contributed by atoms with Crippen LogP contribution in [0.25, 0.3) is 0 Å². The lowest BCUT2D eigenvalue weighted by Gasteiger charge is -2.36. The molecule has 4 rings (SSSR count). The summed E-state index contributed by atoms with van der Waals surface area (Å²) in [5, 5.41) is 10.8. The average Bonchev–Trinajstić information content (AvgIpc) is 3.04. The zero-order valence-electron chi connectivity index (χ0n) is 16.6. The molecule has 0 saturated carbocycles. The molecule has 1 amide bonds. The number of rotatable bonds is 4. The monoisotopic (exact) mass is 380 g/mol. The Kier molecular flexibility index (Phi) is 5.33. The average molecular weight is 380 g/mol. The Balaban J connectivity index is 1.37. The number of aliphatic hydroxyl groups excluding tert-OH is 1. The largest absolute Gasteiger partial charge is 0.387 e. The van der Waals surface area contributed by atoms with E-state index in [4.69, 9.17) is 0 Å². The van der Waals surface area contributed by atoms with Gasteiger partial charge in [-0.05, 0) is 42.7 Å². The molecule has 6 heteroatoms. The number of nitrogens with zero attached hydrogens (tertiary/aromatic N) is 4. The molecular weight excluding hydrogens is 352 g/mol. The molecule has 0 radical (unpaired) electrons. The number of hydrogen-bond acceptors (Lipinski definition) is 5. The van der Waals surface area contributed by atoms with Gasteiger partial charge in [0.15, 0.2) is 0 Å². The molecule has 0 bridgehead atoms. The van der Waals surface area contributed by atoms with Gasteiger partial charge in [-0.2, -0.15) is 0 Å². The lowest BCUT2D eigenvalue weighted by Crippen LogP contribution is -2.47. The van der Waals surface area contributed by atoms with E-state index in [0.717, 1.165) is 55.2 Å². The number of piperazine rings is 1. The molecular formula is C22H28N4O2. The molecule has 1 aromatic heterocycles. The van der Waals surface area contributed by atoms with Crippen LogP contribution >= 0.6 is 0 Å². The number of hydrogen-bond donors (Lipinski definition) is 1. The minimum absolute atomic E-state index is 0.0744. The molecule has 28 heavy (non-hydrogen) atoms. The second-order valence-corrected chi connectivity index (χ2v) is 7.82. The second-order valence-electron chi connectivity index (χ2n) is 7.82. The van der Waals surface area contributed by atoms with Crippen LogP contribution < -0.4 is 9.80 Å². The van der Waals surface area contributed by atoms with Gasteiger partial charge in [-0.1, -0.05) is 18.2 Å². The Labute approximate surface area is 166 Å². The van der Waals surface area contributed by atoms with Crippen molar-refractivity contribution in [2.75, 3.05) is 42.5 Å². The van der Waals surface area contributed by atoms with Crippen LogP contribution in [-0.2, 0) is 11.2 Å². The molecule has 2 atom stereocenters. The van der Waals surface area contributed by atoms with E-state index in [9.17, 15) is 9.90 Å². The summed E-state index contributed by atoms with van der Waals surface area (Å²) in [5.41, 5.74) is 3.07. The summed E-state index contributed by atoms with van der Waals surface area (Å²) >= 11 is 0. The maximum atomic E-state index is 11.9. The Hall–Kier alpha value is -2.44. The highest BCUT2D eigenvalue weighted by molar-refractivity contribution is 5.94. The Morgan fingerprint density at radius 3 is 2.68 bits per heavy atom. The van der Waals surface area contributed by atoms with E-state index in [1.807, 2.05) is 41.4 Å². The lowest BCUT2D eigenvalue weighted by atomic mass is 10.0. The molecule has 148 valence electrons. The number of aromatic nitrogens is 1. The summed E-state index contributed by atoms with van der Waals surface area (Å²) in [7, 11) is 0. The van der Waals surface area contributed by atoms with Crippen LogP contribution in [0.3, 0.4) is 0 Å². The highest BCUT2D eigenvalue weighted by atomic mass is 16.3. The number of pyridine rings is 1. The van der Waals surface area contributed by atoms with Crippen LogP contribution in [0.4, 0.5) is 11.5 Å². The summed E-state index contributed by atoms with van der Waals surface area (Å²) in [6, 6.07) is 12.2. The van der Waals surface area contributed by atoms with Gasteiger partial charge in [0.05, 0.1) is 6.10 Å². The zero-order chi connectivity index (χ0) is 19.7. The van der Waals surface area contributed by atoms with E-state index >= 15 is 0 Å². The van der Waals surface area contributed by atoms with Gasteiger partial charge >= 0.3 is 0 Å². The van der Waals surface area contributed by atoms with Crippen molar-refractivity contribution in [1.29, 1.82) is 0 Å². The van der Waals surface area contributed by atoms with Gasteiger partial charge in [-0.25, -0.2) is 4.98 Å². The number of anilines is 2. The van der Waals surface area contributed by atoms with Crippen LogP contribution in [-0.4, -0.2) is 59.7 Å². The zero-order valence-corrected chi connectivity index (χ0v) is 16.6. The summed E-state index contributed by atoms with van der Waals surface area (Å²) in [6.45, 7) is 7.96. The minimum Gasteiger partial charge on any atom is -0.387 e. The Morgan fingerprint density at radius 2 is 2.00 bits per heavy atom. The first-order chi connectivity index (χ1) is 13.5. The van der Waals surface area contributed by atoms with E-state index in [-0.39, 0.29) is 11.9 Å². The fourth-order valence-corrected chi connectivity index (χ4v) is 4.39. The number of amides is 1. The first-order valence-electron chi connectivity index (χ1n) is 10.0. The van der Waals surface area contributed by atoms with E-state index in [2.05, 4.69) is 27.8 Å². The van der Waals surface area contributed by atoms with E-state index in [0.29, 0.717) is 6.54 Å². The maximum Gasteiger partial charge on any atom is 0.224 e. The first kappa shape index (κ1) is 18.9. The third-order valence-corrected chi connectivity index (χ3v) is 5.82. The summed E-state index contributed by atoms with van der Waals surface area (Å²) in [6.07, 6.45) is 2.15. The molecule has 1 aromatic carbocycles. The maximum absolute atomic E-state index is 11.9. The number of β-amino-alcohol motifs (C(OH)–C–C–N with tert-alkyl or cyclic N) is 1. The van der Waals surface area contributed by atoms with Crippen molar-refractivity contribution < 1.29 is 9.90 Å². The van der Waals surface area contributed by atoms with Crippen molar-refractivity contribution in [3.05, 3.63) is 53.7 Å². The lowest BCUT2D eigenvalue weighted by molar-refractivity contribution is -0.116. The minimum atomic E-state index is -0.520. The van der Waals surface area contributed by atoms with Crippen molar-refractivity contribution in [2.24, 2.45) is 0 Å². The summed E-state index contributed by atoms with van der Waals surface area (Å²) in [4.78, 5) is 22.8. The number of carbonyl (C=O) groups excluding carboxylic acids is 1.